The molecule has 4 N–H and O–H groups in total. The number of allylic oxidation sites excluding steroid dienone is 6. The van der Waals surface area contributed by atoms with Crippen molar-refractivity contribution in [2.24, 2.45) is 5.73 Å². The second kappa shape index (κ2) is 39.5. The van der Waals surface area contributed by atoms with E-state index in [0.717, 1.165) is 38.5 Å². The zero-order chi connectivity index (χ0) is 41.4. The van der Waals surface area contributed by atoms with Crippen molar-refractivity contribution in [2.75, 3.05) is 19.8 Å². The zero-order valence-electron chi connectivity index (χ0n) is 35.2. The number of hydrogen-bond donors (Lipinski definition) is 3. The summed E-state index contributed by atoms with van der Waals surface area (Å²) in [5.41, 5.74) is 5.33. The minimum Gasteiger partial charge on any atom is -0.480 e. The normalized spacial score (nSPS) is 14.1. The van der Waals surface area contributed by atoms with Gasteiger partial charge in [-0.05, 0) is 64.2 Å². The number of carboxylic acids is 1. The molecular formula is C44H80NO10P. The van der Waals surface area contributed by atoms with Crippen molar-refractivity contribution in [2.45, 2.75) is 206 Å². The summed E-state index contributed by atoms with van der Waals surface area (Å²) >= 11 is 0. The van der Waals surface area contributed by atoms with Crippen LogP contribution in [0.4, 0.5) is 0 Å². The molecule has 0 aliphatic heterocycles. The number of hydrogen-bond acceptors (Lipinski definition) is 9. The van der Waals surface area contributed by atoms with E-state index in [9.17, 15) is 23.8 Å². The Morgan fingerprint density at radius 1 is 0.554 bits per heavy atom. The number of ether oxygens (including phenoxy) is 2. The number of aliphatic carboxylic acids is 1. The predicted molar refractivity (Wildman–Crippen MR) is 226 cm³/mol. The van der Waals surface area contributed by atoms with E-state index in [2.05, 4.69) is 48.8 Å². The largest absolute Gasteiger partial charge is 0.480 e. The van der Waals surface area contributed by atoms with Crippen LogP contribution in [0.15, 0.2) is 36.5 Å². The van der Waals surface area contributed by atoms with Crippen molar-refractivity contribution >= 4 is 25.7 Å². The number of rotatable bonds is 41. The third-order valence-corrected chi connectivity index (χ3v) is 10.3. The third kappa shape index (κ3) is 38.6. The highest BCUT2D eigenvalue weighted by Crippen LogP contribution is 2.43. The highest BCUT2D eigenvalue weighted by molar-refractivity contribution is 7.47. The molecule has 0 bridgehead atoms. The van der Waals surface area contributed by atoms with Crippen molar-refractivity contribution in [3.63, 3.8) is 0 Å². The first kappa shape index (κ1) is 53.7. The van der Waals surface area contributed by atoms with Crippen molar-refractivity contribution in [1.29, 1.82) is 0 Å². The molecule has 1 unspecified atom stereocenters. The van der Waals surface area contributed by atoms with E-state index in [1.807, 2.05) is 6.08 Å². The number of phosphoric ester groups is 1. The van der Waals surface area contributed by atoms with E-state index < -0.39 is 51.1 Å². The van der Waals surface area contributed by atoms with Gasteiger partial charge in [-0.3, -0.25) is 23.4 Å². The Labute approximate surface area is 340 Å². The van der Waals surface area contributed by atoms with E-state index in [1.54, 1.807) is 0 Å². The van der Waals surface area contributed by atoms with Gasteiger partial charge in [0.2, 0.25) is 0 Å². The van der Waals surface area contributed by atoms with Crippen LogP contribution < -0.4 is 5.73 Å². The van der Waals surface area contributed by atoms with Crippen LogP contribution >= 0.6 is 7.82 Å². The van der Waals surface area contributed by atoms with Gasteiger partial charge < -0.3 is 25.2 Å². The van der Waals surface area contributed by atoms with Crippen LogP contribution in [0, 0.1) is 0 Å². The number of carbonyl (C=O) groups is 3. The van der Waals surface area contributed by atoms with Gasteiger partial charge in [0.1, 0.15) is 12.6 Å². The molecule has 56 heavy (non-hydrogen) atoms. The second-order valence-electron chi connectivity index (χ2n) is 14.8. The predicted octanol–water partition coefficient (Wildman–Crippen LogP) is 11.6. The van der Waals surface area contributed by atoms with Crippen LogP contribution in [0.1, 0.15) is 194 Å². The van der Waals surface area contributed by atoms with Crippen LogP contribution in [0.2, 0.25) is 0 Å². The molecule has 0 aromatic carbocycles. The monoisotopic (exact) mass is 814 g/mol. The Morgan fingerprint density at radius 3 is 1.46 bits per heavy atom. The van der Waals surface area contributed by atoms with Gasteiger partial charge in [-0.25, -0.2) is 4.57 Å². The van der Waals surface area contributed by atoms with Crippen molar-refractivity contribution in [3.8, 4) is 0 Å². The third-order valence-electron chi connectivity index (χ3n) is 9.36. The molecule has 0 aromatic heterocycles. The number of nitrogens with two attached hydrogens (primary N) is 1. The first-order chi connectivity index (χ1) is 27.1. The Kier molecular flexibility index (Phi) is 37.9. The highest BCUT2D eigenvalue weighted by atomic mass is 31.2. The molecular weight excluding hydrogens is 733 g/mol. The Bertz CT molecular complexity index is 1100. The molecule has 0 heterocycles. The minimum atomic E-state index is -4.73. The maximum Gasteiger partial charge on any atom is 0.472 e. The summed E-state index contributed by atoms with van der Waals surface area (Å²) in [5, 5.41) is 8.88. The van der Waals surface area contributed by atoms with Crippen molar-refractivity contribution < 1.29 is 47.5 Å². The standard InChI is InChI=1S/C44H80NO10P/c1-3-5-7-9-11-13-15-17-19-20-22-23-25-27-29-31-33-35-42(46)52-37-40(38-53-56(50,51)54-39-41(45)44(48)49)55-43(47)36-34-32-30-28-26-24-21-18-16-14-12-10-8-6-4-2/h22-24,26-27,29,40-41H,3-21,25,28,30-39,45H2,1-2H3,(H,48,49)(H,50,51)/b23-22+,26-24+,29-27+/t40-,41+/m1/s1. The molecule has 0 fully saturated rings. The number of carbonyl (C=O) groups excluding carboxylic acids is 2. The summed E-state index contributed by atoms with van der Waals surface area (Å²) in [6.07, 6.45) is 42.2. The van der Waals surface area contributed by atoms with Crippen molar-refractivity contribution in [1.82, 2.24) is 0 Å². The lowest BCUT2D eigenvalue weighted by atomic mass is 10.1. The van der Waals surface area contributed by atoms with Crippen LogP contribution in [0.5, 0.6) is 0 Å². The maximum atomic E-state index is 12.6. The fraction of sp³-hybridized carbons (Fsp3) is 0.795. The highest BCUT2D eigenvalue weighted by Gasteiger charge is 2.28. The van der Waals surface area contributed by atoms with E-state index in [0.29, 0.717) is 19.3 Å². The van der Waals surface area contributed by atoms with E-state index >= 15 is 0 Å². The van der Waals surface area contributed by atoms with Gasteiger partial charge in [0.05, 0.1) is 13.2 Å². The van der Waals surface area contributed by atoms with Crippen LogP contribution in [-0.2, 0) is 37.5 Å². The first-order valence-corrected chi connectivity index (χ1v) is 23.5. The SMILES string of the molecule is CCCCCCCCCC/C=C/CCCCCC(=O)O[C@H](COC(=O)CCC/C=C/C/C=C/CCCCCCCCCCC)COP(=O)(O)OC[C@H](N)C(=O)O. The molecule has 0 aliphatic carbocycles. The van der Waals surface area contributed by atoms with Gasteiger partial charge in [0.15, 0.2) is 6.10 Å². The maximum absolute atomic E-state index is 12.6. The van der Waals surface area contributed by atoms with E-state index in [-0.39, 0.29) is 19.4 Å². The lowest BCUT2D eigenvalue weighted by Crippen LogP contribution is -2.34. The number of carboxylic acid groups (broad SMARTS) is 1. The number of phosphoric acid groups is 1. The average molecular weight is 814 g/mol. The molecule has 0 saturated carbocycles. The first-order valence-electron chi connectivity index (χ1n) is 22.0. The quantitative estimate of drug-likeness (QED) is 0.0232. The lowest BCUT2D eigenvalue weighted by Gasteiger charge is -2.20. The van der Waals surface area contributed by atoms with Gasteiger partial charge in [-0.1, -0.05) is 153 Å². The minimum absolute atomic E-state index is 0.133. The van der Waals surface area contributed by atoms with Gasteiger partial charge >= 0.3 is 25.7 Å². The fourth-order valence-corrected chi connectivity index (χ4v) is 6.64. The fourth-order valence-electron chi connectivity index (χ4n) is 5.86. The average Bonchev–Trinajstić information content (AvgIpc) is 3.17. The second-order valence-corrected chi connectivity index (χ2v) is 16.3. The van der Waals surface area contributed by atoms with Crippen LogP contribution in [0.25, 0.3) is 0 Å². The van der Waals surface area contributed by atoms with Gasteiger partial charge in [0.25, 0.3) is 0 Å². The summed E-state index contributed by atoms with van der Waals surface area (Å²) in [6, 6.07) is -1.53. The summed E-state index contributed by atoms with van der Waals surface area (Å²) in [7, 11) is -4.73. The van der Waals surface area contributed by atoms with Gasteiger partial charge in [-0.2, -0.15) is 0 Å². The summed E-state index contributed by atoms with van der Waals surface area (Å²) in [6.45, 7) is 2.75. The molecule has 0 amide bonds. The number of esters is 2. The van der Waals surface area contributed by atoms with Gasteiger partial charge in [0, 0.05) is 12.8 Å². The van der Waals surface area contributed by atoms with Crippen LogP contribution in [0.3, 0.4) is 0 Å². The molecule has 12 heteroatoms. The molecule has 0 aliphatic rings. The Hall–Kier alpha value is -2.30. The van der Waals surface area contributed by atoms with Crippen molar-refractivity contribution in [3.05, 3.63) is 36.5 Å². The molecule has 11 nitrogen and oxygen atoms in total. The number of unbranched alkanes of at least 4 members (excludes halogenated alkanes) is 21. The Balaban J connectivity index is 4.44. The molecule has 0 rings (SSSR count). The van der Waals surface area contributed by atoms with Crippen LogP contribution in [-0.4, -0.2) is 59.9 Å². The lowest BCUT2D eigenvalue weighted by molar-refractivity contribution is -0.161. The van der Waals surface area contributed by atoms with E-state index in [1.165, 1.54) is 109 Å². The topological polar surface area (TPSA) is 172 Å². The smallest absolute Gasteiger partial charge is 0.472 e. The molecule has 3 atom stereocenters. The summed E-state index contributed by atoms with van der Waals surface area (Å²) in [5.74, 6) is -2.45. The summed E-state index contributed by atoms with van der Waals surface area (Å²) < 4.78 is 32.6. The molecule has 0 spiro atoms. The molecule has 0 aromatic rings. The van der Waals surface area contributed by atoms with Gasteiger partial charge in [-0.15, -0.1) is 0 Å². The van der Waals surface area contributed by atoms with E-state index in [4.69, 9.17) is 24.8 Å². The Morgan fingerprint density at radius 2 is 0.964 bits per heavy atom. The molecule has 0 radical (unpaired) electrons. The molecule has 0 saturated heterocycles. The summed E-state index contributed by atoms with van der Waals surface area (Å²) in [4.78, 5) is 45.9. The molecule has 326 valence electrons. The zero-order valence-corrected chi connectivity index (χ0v) is 36.1.